The molecule has 0 heterocycles. The molecule has 3 aromatic carbocycles. The molecule has 31 heavy (non-hydrogen) atoms. The third-order valence-electron chi connectivity index (χ3n) is 4.35. The quantitative estimate of drug-likeness (QED) is 0.229. The highest BCUT2D eigenvalue weighted by molar-refractivity contribution is 5.91. The fourth-order valence-corrected chi connectivity index (χ4v) is 2.87. The lowest BCUT2D eigenvalue weighted by Crippen LogP contribution is -2.17. The van der Waals surface area contributed by atoms with E-state index in [2.05, 4.69) is 6.07 Å². The molecule has 0 aromatic heterocycles. The van der Waals surface area contributed by atoms with E-state index in [-0.39, 0.29) is 6.61 Å². The second-order valence-corrected chi connectivity index (χ2v) is 6.35. The molecule has 6 nitrogen and oxygen atoms in total. The number of ether oxygens (including phenoxy) is 4. The van der Waals surface area contributed by atoms with Crippen molar-refractivity contribution in [3.8, 4) is 29.1 Å². The van der Waals surface area contributed by atoms with Crippen molar-refractivity contribution in [2.75, 3.05) is 20.8 Å². The predicted molar refractivity (Wildman–Crippen MR) is 117 cm³/mol. The largest absolute Gasteiger partial charge is 0.496 e. The van der Waals surface area contributed by atoms with Crippen LogP contribution >= 0.6 is 0 Å². The van der Waals surface area contributed by atoms with Crippen molar-refractivity contribution in [3.63, 3.8) is 0 Å². The number of carbonyl (C=O) groups excluding carboxylic acids is 1. The Morgan fingerprint density at radius 2 is 1.48 bits per heavy atom. The number of esters is 1. The molecule has 0 bridgehead atoms. The van der Waals surface area contributed by atoms with Crippen molar-refractivity contribution in [1.82, 2.24) is 0 Å². The standard InChI is InChI=1S/C25H21NO5/c1-28-22-8-4-3-7-21(22)19(16-26)15-18-11-13-20(14-12-18)31-25(27)17-30-24-10-6-5-9-23(24)29-2/h3-15H,17H2,1-2H3/b19-15-. The second kappa shape index (κ2) is 10.5. The van der Waals surface area contributed by atoms with E-state index in [0.717, 1.165) is 5.56 Å². The van der Waals surface area contributed by atoms with Crippen molar-refractivity contribution < 1.29 is 23.7 Å². The van der Waals surface area contributed by atoms with Gasteiger partial charge < -0.3 is 18.9 Å². The Balaban J connectivity index is 1.65. The van der Waals surface area contributed by atoms with Crippen molar-refractivity contribution >= 4 is 17.6 Å². The van der Waals surface area contributed by atoms with Crippen LogP contribution in [-0.2, 0) is 4.79 Å². The lowest BCUT2D eigenvalue weighted by Gasteiger charge is -2.10. The number of hydrogen-bond acceptors (Lipinski definition) is 6. The number of methoxy groups -OCH3 is 2. The fraction of sp³-hybridized carbons (Fsp3) is 0.120. The van der Waals surface area contributed by atoms with Crippen LogP contribution in [0, 0.1) is 11.3 Å². The third kappa shape index (κ3) is 5.64. The highest BCUT2D eigenvalue weighted by Crippen LogP contribution is 2.28. The van der Waals surface area contributed by atoms with Gasteiger partial charge in [-0.25, -0.2) is 4.79 Å². The molecule has 0 radical (unpaired) electrons. The summed E-state index contributed by atoms with van der Waals surface area (Å²) in [5.74, 6) is 1.45. The van der Waals surface area contributed by atoms with Gasteiger partial charge in [-0.2, -0.15) is 5.26 Å². The maximum Gasteiger partial charge on any atom is 0.349 e. The summed E-state index contributed by atoms with van der Waals surface area (Å²) in [5, 5.41) is 9.56. The molecule has 0 fully saturated rings. The molecule has 0 saturated carbocycles. The number of nitriles is 1. The number of hydrogen-bond donors (Lipinski definition) is 0. The minimum Gasteiger partial charge on any atom is -0.496 e. The number of para-hydroxylation sites is 3. The molecule has 0 aliphatic carbocycles. The molecule has 156 valence electrons. The summed E-state index contributed by atoms with van der Waals surface area (Å²) in [6.07, 6.45) is 1.74. The van der Waals surface area contributed by atoms with Gasteiger partial charge in [-0.05, 0) is 48.0 Å². The second-order valence-electron chi connectivity index (χ2n) is 6.35. The van der Waals surface area contributed by atoms with Crippen molar-refractivity contribution in [3.05, 3.63) is 83.9 Å². The van der Waals surface area contributed by atoms with E-state index in [4.69, 9.17) is 18.9 Å². The van der Waals surface area contributed by atoms with E-state index >= 15 is 0 Å². The van der Waals surface area contributed by atoms with Crippen LogP contribution in [0.3, 0.4) is 0 Å². The van der Waals surface area contributed by atoms with Crippen LogP contribution < -0.4 is 18.9 Å². The molecule has 0 amide bonds. The average Bonchev–Trinajstić information content (AvgIpc) is 2.82. The molecule has 3 aromatic rings. The zero-order valence-electron chi connectivity index (χ0n) is 17.2. The molecule has 0 saturated heterocycles. The maximum atomic E-state index is 12.1. The minimum atomic E-state index is -0.541. The highest BCUT2D eigenvalue weighted by Gasteiger charge is 2.10. The van der Waals surface area contributed by atoms with Crippen LogP contribution in [0.1, 0.15) is 11.1 Å². The molecular weight excluding hydrogens is 394 g/mol. The summed E-state index contributed by atoms with van der Waals surface area (Å²) in [5.41, 5.74) is 1.96. The van der Waals surface area contributed by atoms with Gasteiger partial charge >= 0.3 is 5.97 Å². The summed E-state index contributed by atoms with van der Waals surface area (Å²) in [4.78, 5) is 12.1. The molecule has 3 rings (SSSR count). The van der Waals surface area contributed by atoms with Crippen LogP contribution in [0.25, 0.3) is 11.6 Å². The first-order chi connectivity index (χ1) is 15.1. The molecule has 0 aliphatic heterocycles. The van der Waals surface area contributed by atoms with Crippen molar-refractivity contribution in [2.24, 2.45) is 0 Å². The molecule has 0 spiro atoms. The summed E-state index contributed by atoms with van der Waals surface area (Å²) in [6, 6.07) is 23.4. The van der Waals surface area contributed by atoms with Crippen LogP contribution in [0.5, 0.6) is 23.0 Å². The summed E-state index contributed by atoms with van der Waals surface area (Å²) in [7, 11) is 3.09. The van der Waals surface area contributed by atoms with Gasteiger partial charge in [0.1, 0.15) is 11.5 Å². The smallest absolute Gasteiger partial charge is 0.349 e. The van der Waals surface area contributed by atoms with Gasteiger partial charge in [-0.15, -0.1) is 0 Å². The first-order valence-electron chi connectivity index (χ1n) is 9.46. The zero-order valence-corrected chi connectivity index (χ0v) is 17.2. The Kier molecular flexibility index (Phi) is 7.28. The first-order valence-corrected chi connectivity index (χ1v) is 9.46. The van der Waals surface area contributed by atoms with Crippen LogP contribution in [0.15, 0.2) is 72.8 Å². The van der Waals surface area contributed by atoms with Gasteiger partial charge in [0.15, 0.2) is 18.1 Å². The fourth-order valence-electron chi connectivity index (χ4n) is 2.87. The van der Waals surface area contributed by atoms with Crippen molar-refractivity contribution in [1.29, 1.82) is 5.26 Å². The SMILES string of the molecule is COc1ccccc1OCC(=O)Oc1ccc(/C=C(/C#N)c2ccccc2OC)cc1. The minimum absolute atomic E-state index is 0.256. The van der Waals surface area contributed by atoms with E-state index in [0.29, 0.717) is 34.1 Å². The number of carbonyl (C=O) groups is 1. The molecule has 0 aliphatic rings. The van der Waals surface area contributed by atoms with E-state index in [1.807, 2.05) is 24.3 Å². The predicted octanol–water partition coefficient (Wildman–Crippen LogP) is 4.75. The van der Waals surface area contributed by atoms with Crippen molar-refractivity contribution in [2.45, 2.75) is 0 Å². The topological polar surface area (TPSA) is 77.8 Å². The van der Waals surface area contributed by atoms with Crippen LogP contribution in [-0.4, -0.2) is 26.8 Å². The van der Waals surface area contributed by atoms with E-state index in [1.165, 1.54) is 7.11 Å². The lowest BCUT2D eigenvalue weighted by molar-refractivity contribution is -0.136. The maximum absolute atomic E-state index is 12.1. The summed E-state index contributed by atoms with van der Waals surface area (Å²) in [6.45, 7) is -0.256. The number of rotatable bonds is 8. The summed E-state index contributed by atoms with van der Waals surface area (Å²) < 4.78 is 21.3. The molecule has 0 unspecified atom stereocenters. The van der Waals surface area contributed by atoms with Gasteiger partial charge in [-0.1, -0.05) is 36.4 Å². The van der Waals surface area contributed by atoms with E-state index in [1.54, 1.807) is 61.7 Å². The van der Waals surface area contributed by atoms with Gasteiger partial charge in [0.2, 0.25) is 0 Å². The average molecular weight is 415 g/mol. The van der Waals surface area contributed by atoms with E-state index in [9.17, 15) is 10.1 Å². The Morgan fingerprint density at radius 3 is 2.13 bits per heavy atom. The Bertz CT molecular complexity index is 1110. The van der Waals surface area contributed by atoms with Gasteiger partial charge in [0.05, 0.1) is 25.9 Å². The number of nitrogens with zero attached hydrogens (tertiary/aromatic N) is 1. The monoisotopic (exact) mass is 415 g/mol. The van der Waals surface area contributed by atoms with Gasteiger partial charge in [0.25, 0.3) is 0 Å². The summed E-state index contributed by atoms with van der Waals surface area (Å²) >= 11 is 0. The van der Waals surface area contributed by atoms with Gasteiger partial charge in [0, 0.05) is 5.56 Å². The third-order valence-corrected chi connectivity index (χ3v) is 4.35. The normalized spacial score (nSPS) is 10.7. The Morgan fingerprint density at radius 1 is 0.871 bits per heavy atom. The van der Waals surface area contributed by atoms with Crippen LogP contribution in [0.4, 0.5) is 0 Å². The molecule has 0 atom stereocenters. The Labute approximate surface area is 180 Å². The van der Waals surface area contributed by atoms with Gasteiger partial charge in [-0.3, -0.25) is 0 Å². The Hall–Kier alpha value is -4.24. The zero-order chi connectivity index (χ0) is 22.1. The molecule has 6 heteroatoms. The van der Waals surface area contributed by atoms with E-state index < -0.39 is 5.97 Å². The lowest BCUT2D eigenvalue weighted by atomic mass is 10.0. The number of allylic oxidation sites excluding steroid dienone is 1. The first kappa shape index (κ1) is 21.5. The highest BCUT2D eigenvalue weighted by atomic mass is 16.6. The molecular formula is C25H21NO5. The number of benzene rings is 3. The molecule has 0 N–H and O–H groups in total. The van der Waals surface area contributed by atoms with Crippen LogP contribution in [0.2, 0.25) is 0 Å².